The molecular weight excluding hydrogens is 356 g/mol. The van der Waals surface area contributed by atoms with Crippen LogP contribution in [0.5, 0.6) is 0 Å². The third-order valence-electron chi connectivity index (χ3n) is 4.44. The summed E-state index contributed by atoms with van der Waals surface area (Å²) >= 11 is 0. The van der Waals surface area contributed by atoms with Gasteiger partial charge in [-0.3, -0.25) is 0 Å². The zero-order valence-corrected chi connectivity index (χ0v) is 16.5. The lowest BCUT2D eigenvalue weighted by molar-refractivity contribution is 0.00766. The third kappa shape index (κ3) is 5.18. The Balaban J connectivity index is 1.96. The molecule has 1 aromatic rings. The van der Waals surface area contributed by atoms with Crippen LogP contribution in [-0.2, 0) is 14.8 Å². The number of aliphatic hydroxyl groups excluding tert-OH is 1. The fourth-order valence-corrected chi connectivity index (χ4v) is 3.69. The number of hydrogen-bond donors (Lipinski definition) is 2. The molecule has 7 nitrogen and oxygen atoms in total. The number of benzene rings is 1. The number of hydrogen-bond acceptors (Lipinski definition) is 5. The Morgan fingerprint density at radius 3 is 2.23 bits per heavy atom. The summed E-state index contributed by atoms with van der Waals surface area (Å²) < 4.78 is 31.2. The van der Waals surface area contributed by atoms with Gasteiger partial charge in [0.15, 0.2) is 0 Å². The van der Waals surface area contributed by atoms with Crippen molar-refractivity contribution in [1.29, 1.82) is 0 Å². The second kappa shape index (κ2) is 7.94. The molecule has 0 saturated carbocycles. The Hall–Kier alpha value is -1.64. The average Bonchev–Trinajstić information content (AvgIpc) is 2.60. The molecule has 8 heteroatoms. The van der Waals surface area contributed by atoms with E-state index >= 15 is 0 Å². The maximum Gasteiger partial charge on any atom is 0.410 e. The van der Waals surface area contributed by atoms with Crippen LogP contribution in [0.4, 0.5) is 4.79 Å². The first kappa shape index (κ1) is 20.7. The molecule has 1 amide bonds. The first-order valence-corrected chi connectivity index (χ1v) is 10.2. The summed E-state index contributed by atoms with van der Waals surface area (Å²) in [5.74, 6) is 0.0143. The Morgan fingerprint density at radius 2 is 1.77 bits per heavy atom. The van der Waals surface area contributed by atoms with Crippen LogP contribution in [0.15, 0.2) is 29.2 Å². The number of nitrogens with one attached hydrogen (secondary N) is 1. The molecule has 1 unspecified atom stereocenters. The first-order valence-electron chi connectivity index (χ1n) is 8.73. The van der Waals surface area contributed by atoms with E-state index in [1.807, 2.05) is 20.8 Å². The monoisotopic (exact) mass is 384 g/mol. The predicted octanol–water partition coefficient (Wildman–Crippen LogP) is 2.28. The summed E-state index contributed by atoms with van der Waals surface area (Å²) in [6, 6.07) is 6.24. The van der Waals surface area contributed by atoms with E-state index < -0.39 is 21.7 Å². The highest BCUT2D eigenvalue weighted by molar-refractivity contribution is 7.89. The number of amides is 1. The highest BCUT2D eigenvalue weighted by Crippen LogP contribution is 2.31. The van der Waals surface area contributed by atoms with Crippen molar-refractivity contribution in [2.24, 2.45) is 5.92 Å². The van der Waals surface area contributed by atoms with Crippen molar-refractivity contribution < 1.29 is 23.1 Å². The predicted molar refractivity (Wildman–Crippen MR) is 98.2 cm³/mol. The van der Waals surface area contributed by atoms with Gasteiger partial charge in [0.25, 0.3) is 0 Å². The average molecular weight is 384 g/mol. The topological polar surface area (TPSA) is 95.9 Å². The Kier molecular flexibility index (Phi) is 6.31. The van der Waals surface area contributed by atoms with E-state index in [2.05, 4.69) is 4.72 Å². The molecule has 1 aromatic carbocycles. The molecule has 1 heterocycles. The molecule has 0 aromatic heterocycles. The second-order valence-corrected chi connectivity index (χ2v) is 9.41. The normalized spacial score (nSPS) is 17.8. The minimum Gasteiger partial charge on any atom is -0.444 e. The molecule has 1 saturated heterocycles. The van der Waals surface area contributed by atoms with Crippen molar-refractivity contribution >= 4 is 16.1 Å². The number of sulfonamides is 1. The van der Waals surface area contributed by atoms with Gasteiger partial charge in [-0.05, 0) is 64.3 Å². The zero-order chi connectivity index (χ0) is 19.5. The number of aliphatic hydroxyl groups is 1. The summed E-state index contributed by atoms with van der Waals surface area (Å²) in [5, 5.41) is 10.6. The molecule has 1 fully saturated rings. The summed E-state index contributed by atoms with van der Waals surface area (Å²) in [6.07, 6.45) is 0.308. The molecule has 0 spiro atoms. The number of carbonyl (C=O) groups excluding carboxylic acids is 1. The van der Waals surface area contributed by atoms with E-state index in [1.54, 1.807) is 17.0 Å². The van der Waals surface area contributed by atoms with Crippen LogP contribution >= 0.6 is 0 Å². The number of likely N-dealkylation sites (tertiary alicyclic amines) is 1. The maximum atomic E-state index is 12.1. The Labute approximate surface area is 155 Å². The number of carbonyl (C=O) groups is 1. The van der Waals surface area contributed by atoms with Crippen LogP contribution in [0.3, 0.4) is 0 Å². The van der Waals surface area contributed by atoms with E-state index in [0.29, 0.717) is 31.5 Å². The second-order valence-electron chi connectivity index (χ2n) is 7.53. The summed E-state index contributed by atoms with van der Waals surface area (Å²) in [6.45, 7) is 6.56. The van der Waals surface area contributed by atoms with Gasteiger partial charge in [0, 0.05) is 13.1 Å². The van der Waals surface area contributed by atoms with E-state index in [-0.39, 0.29) is 16.9 Å². The van der Waals surface area contributed by atoms with Crippen molar-refractivity contribution in [1.82, 2.24) is 9.62 Å². The van der Waals surface area contributed by atoms with Gasteiger partial charge < -0.3 is 14.7 Å². The van der Waals surface area contributed by atoms with Gasteiger partial charge in [0.2, 0.25) is 10.0 Å². The van der Waals surface area contributed by atoms with Gasteiger partial charge in [-0.15, -0.1) is 0 Å². The highest BCUT2D eigenvalue weighted by atomic mass is 32.2. The van der Waals surface area contributed by atoms with E-state index in [0.717, 1.165) is 0 Å². The van der Waals surface area contributed by atoms with E-state index in [1.165, 1.54) is 19.2 Å². The lowest BCUT2D eigenvalue weighted by Gasteiger charge is -2.35. The van der Waals surface area contributed by atoms with Gasteiger partial charge in [-0.2, -0.15) is 0 Å². The molecule has 1 atom stereocenters. The smallest absolute Gasteiger partial charge is 0.410 e. The van der Waals surface area contributed by atoms with Crippen LogP contribution in [0, 0.1) is 5.92 Å². The SMILES string of the molecule is CNS(=O)(=O)c1ccc(C(O)C2CCN(C(=O)OC(C)(C)C)CC2)cc1. The Bertz CT molecular complexity index is 717. The van der Waals surface area contributed by atoms with Crippen molar-refractivity contribution in [3.8, 4) is 0 Å². The largest absolute Gasteiger partial charge is 0.444 e. The Morgan fingerprint density at radius 1 is 1.23 bits per heavy atom. The van der Waals surface area contributed by atoms with Crippen molar-refractivity contribution in [3.05, 3.63) is 29.8 Å². The van der Waals surface area contributed by atoms with E-state index in [4.69, 9.17) is 4.74 Å². The zero-order valence-electron chi connectivity index (χ0n) is 15.7. The van der Waals surface area contributed by atoms with E-state index in [9.17, 15) is 18.3 Å². The molecule has 0 radical (unpaired) electrons. The van der Waals surface area contributed by atoms with Gasteiger partial charge in [-0.25, -0.2) is 17.9 Å². The number of ether oxygens (including phenoxy) is 1. The standard InChI is InChI=1S/C18H28N2O5S/c1-18(2,3)25-17(22)20-11-9-14(10-12-20)16(21)13-5-7-15(8-6-13)26(23,24)19-4/h5-8,14,16,19,21H,9-12H2,1-4H3. The molecule has 146 valence electrons. The summed E-state index contributed by atoms with van der Waals surface area (Å²) in [7, 11) is -2.13. The molecule has 0 aliphatic carbocycles. The summed E-state index contributed by atoms with van der Waals surface area (Å²) in [5.41, 5.74) is 0.152. The third-order valence-corrected chi connectivity index (χ3v) is 5.87. The van der Waals surface area contributed by atoms with Crippen molar-refractivity contribution in [2.45, 2.75) is 50.2 Å². The molecule has 1 aliphatic rings. The van der Waals surface area contributed by atoms with Gasteiger partial charge in [-0.1, -0.05) is 12.1 Å². The van der Waals surface area contributed by atoms with Crippen LogP contribution in [0.1, 0.15) is 45.3 Å². The summed E-state index contributed by atoms with van der Waals surface area (Å²) in [4.78, 5) is 13.9. The lowest BCUT2D eigenvalue weighted by Crippen LogP contribution is -2.42. The molecule has 0 bridgehead atoms. The first-order chi connectivity index (χ1) is 12.0. The maximum absolute atomic E-state index is 12.1. The van der Waals surface area contributed by atoms with Crippen LogP contribution < -0.4 is 4.72 Å². The van der Waals surface area contributed by atoms with Crippen LogP contribution in [0.2, 0.25) is 0 Å². The van der Waals surface area contributed by atoms with Gasteiger partial charge in [0.05, 0.1) is 11.0 Å². The number of rotatable bonds is 4. The van der Waals surface area contributed by atoms with Gasteiger partial charge in [0.1, 0.15) is 5.60 Å². The number of piperidine rings is 1. The minimum absolute atomic E-state index is 0.0143. The van der Waals surface area contributed by atoms with Crippen molar-refractivity contribution in [2.75, 3.05) is 20.1 Å². The fraction of sp³-hybridized carbons (Fsp3) is 0.611. The van der Waals surface area contributed by atoms with Crippen LogP contribution in [-0.4, -0.2) is 50.3 Å². The quantitative estimate of drug-likeness (QED) is 0.830. The molecule has 2 N–H and O–H groups in total. The number of nitrogens with zero attached hydrogens (tertiary/aromatic N) is 1. The minimum atomic E-state index is -3.49. The van der Waals surface area contributed by atoms with Crippen molar-refractivity contribution in [3.63, 3.8) is 0 Å². The molecular formula is C18H28N2O5S. The lowest BCUT2D eigenvalue weighted by atomic mass is 9.87. The molecule has 2 rings (SSSR count). The van der Waals surface area contributed by atoms with Gasteiger partial charge >= 0.3 is 6.09 Å². The molecule has 1 aliphatic heterocycles. The fourth-order valence-electron chi connectivity index (χ4n) is 2.96. The molecule has 26 heavy (non-hydrogen) atoms. The highest BCUT2D eigenvalue weighted by Gasteiger charge is 2.30. The van der Waals surface area contributed by atoms with Crippen LogP contribution in [0.25, 0.3) is 0 Å².